The van der Waals surface area contributed by atoms with Crippen molar-refractivity contribution in [1.82, 2.24) is 24.4 Å². The first kappa shape index (κ1) is 31.6. The summed E-state index contributed by atoms with van der Waals surface area (Å²) in [6, 6.07) is 25.7. The van der Waals surface area contributed by atoms with Crippen LogP contribution in [0.1, 0.15) is 29.3 Å². The molecule has 0 unspecified atom stereocenters. The van der Waals surface area contributed by atoms with E-state index in [0.717, 1.165) is 28.2 Å². The van der Waals surface area contributed by atoms with Crippen molar-refractivity contribution >= 4 is 39.3 Å². The summed E-state index contributed by atoms with van der Waals surface area (Å²) in [5.74, 6) is 1.89. The second kappa shape index (κ2) is 13.6. The Bertz CT molecular complexity index is 1750. The number of ether oxygens (including phenoxy) is 4. The molecule has 3 aromatic carbocycles. The van der Waals surface area contributed by atoms with Crippen LogP contribution in [0.25, 0.3) is 11.2 Å². The fourth-order valence-electron chi connectivity index (χ4n) is 5.66. The van der Waals surface area contributed by atoms with Crippen LogP contribution in [0.4, 0.5) is 5.82 Å². The summed E-state index contributed by atoms with van der Waals surface area (Å²) < 4.78 is 26.5. The monoisotopic (exact) mass is 686 g/mol. The van der Waals surface area contributed by atoms with Crippen LogP contribution in [-0.4, -0.2) is 83.0 Å². The number of fused-ring (bicyclic) bond motifs is 1. The Hall–Kier alpha value is -4.36. The first-order valence-electron chi connectivity index (χ1n) is 14.7. The molecular weight excluding hydrogens is 652 g/mol. The van der Waals surface area contributed by atoms with E-state index in [2.05, 4.69) is 35.9 Å². The molecule has 11 nitrogen and oxygen atoms in total. The molecule has 0 aliphatic carbocycles. The van der Waals surface area contributed by atoms with Gasteiger partial charge in [-0.05, 0) is 56.9 Å². The first-order chi connectivity index (χ1) is 22.3. The molecule has 3 heterocycles. The third-order valence-corrected chi connectivity index (χ3v) is 8.29. The minimum atomic E-state index is -1.04. The maximum absolute atomic E-state index is 11.3. The fraction of sp³-hybridized carbons (Fsp3) is 0.294. The number of aliphatic imine (C=N–C) groups is 1. The van der Waals surface area contributed by atoms with Gasteiger partial charge in [0.2, 0.25) is 4.73 Å². The molecule has 1 N–H and O–H groups in total. The second-order valence-corrected chi connectivity index (χ2v) is 11.8. The number of hydrogen-bond acceptors (Lipinski definition) is 9. The smallest absolute Gasteiger partial charge is 0.200 e. The molecule has 0 amide bonds. The highest BCUT2D eigenvalue weighted by atomic mass is 79.9. The molecule has 6 rings (SSSR count). The third kappa shape index (κ3) is 6.21. The third-order valence-electron chi connectivity index (χ3n) is 7.94. The SMILES string of the molecule is COc1ccc(C(OC[C@H]2O[C@@H](n3cnc4c(N=CN(C)C)nc(Br)nc43)C[C@@H]2O)(c2ccccc2)c2ccc(OC)cc2)cc1. The summed E-state index contributed by atoms with van der Waals surface area (Å²) >= 11 is 3.40. The number of aromatic nitrogens is 4. The molecule has 0 bridgehead atoms. The van der Waals surface area contributed by atoms with E-state index >= 15 is 0 Å². The number of nitrogens with zero attached hydrogens (tertiary/aromatic N) is 6. The number of halogens is 1. The van der Waals surface area contributed by atoms with Crippen LogP contribution in [0.3, 0.4) is 0 Å². The number of aliphatic hydroxyl groups is 1. The van der Waals surface area contributed by atoms with Crippen LogP contribution in [0, 0.1) is 0 Å². The summed E-state index contributed by atoms with van der Waals surface area (Å²) in [7, 11) is 7.03. The highest BCUT2D eigenvalue weighted by Crippen LogP contribution is 2.43. The molecular formula is C34H35BrN6O5. The van der Waals surface area contributed by atoms with Crippen LogP contribution in [0.15, 0.2) is 94.9 Å². The average molecular weight is 688 g/mol. The standard InChI is InChI=1S/C34H35BrN6O5/c1-40(2)20-37-31-30-32(39-33(35)38-31)41(21-36-30)29-18-27(42)28(46-29)19-45-34(22-8-6-5-7-9-22,23-10-14-25(43-3)15-11-23)24-12-16-26(44-4)17-13-24/h5-17,20-21,27-29,42H,18-19H2,1-4H3/t27-,28+,29+/m0/s1. The number of aliphatic hydroxyl groups excluding tert-OH is 1. The van der Waals surface area contributed by atoms with E-state index in [1.807, 2.05) is 97.9 Å². The number of imidazole rings is 1. The number of hydrogen-bond donors (Lipinski definition) is 1. The lowest BCUT2D eigenvalue weighted by molar-refractivity contribution is -0.0931. The molecule has 1 fully saturated rings. The van der Waals surface area contributed by atoms with E-state index in [1.54, 1.807) is 31.5 Å². The topological polar surface area (TPSA) is 116 Å². The normalized spacial score (nSPS) is 18.3. The Labute approximate surface area is 275 Å². The van der Waals surface area contributed by atoms with E-state index in [-0.39, 0.29) is 6.61 Å². The Morgan fingerprint density at radius 3 is 2.15 bits per heavy atom. The van der Waals surface area contributed by atoms with Gasteiger partial charge in [0, 0.05) is 20.5 Å². The lowest BCUT2D eigenvalue weighted by Crippen LogP contribution is -2.38. The van der Waals surface area contributed by atoms with Gasteiger partial charge in [-0.25, -0.2) is 19.9 Å². The van der Waals surface area contributed by atoms with Crippen molar-refractivity contribution in [1.29, 1.82) is 0 Å². The molecule has 5 aromatic rings. The van der Waals surface area contributed by atoms with Crippen molar-refractivity contribution in [2.75, 3.05) is 34.9 Å². The van der Waals surface area contributed by atoms with E-state index < -0.39 is 24.0 Å². The first-order valence-corrected chi connectivity index (χ1v) is 15.5. The minimum Gasteiger partial charge on any atom is -0.497 e. The summed E-state index contributed by atoms with van der Waals surface area (Å²) in [5.41, 5.74) is 2.73. The molecule has 238 valence electrons. The summed E-state index contributed by atoms with van der Waals surface area (Å²) in [6.45, 7) is 0.0916. The van der Waals surface area contributed by atoms with Gasteiger partial charge in [-0.1, -0.05) is 54.6 Å². The van der Waals surface area contributed by atoms with Gasteiger partial charge in [0.1, 0.15) is 29.4 Å². The van der Waals surface area contributed by atoms with Gasteiger partial charge in [0.05, 0.1) is 39.6 Å². The molecule has 0 radical (unpaired) electrons. The Balaban J connectivity index is 1.34. The molecule has 0 spiro atoms. The quantitative estimate of drug-likeness (QED) is 0.0834. The number of rotatable bonds is 11. The molecule has 12 heteroatoms. The van der Waals surface area contributed by atoms with Crippen molar-refractivity contribution < 1.29 is 24.1 Å². The predicted molar refractivity (Wildman–Crippen MR) is 178 cm³/mol. The molecule has 46 heavy (non-hydrogen) atoms. The minimum absolute atomic E-state index is 0.0916. The van der Waals surface area contributed by atoms with Gasteiger partial charge in [-0.15, -0.1) is 0 Å². The van der Waals surface area contributed by atoms with Crippen molar-refractivity contribution in [3.63, 3.8) is 0 Å². The fourth-order valence-corrected chi connectivity index (χ4v) is 6.00. The van der Waals surface area contributed by atoms with Crippen LogP contribution in [-0.2, 0) is 15.1 Å². The number of methoxy groups -OCH3 is 2. The van der Waals surface area contributed by atoms with Crippen LogP contribution in [0.2, 0.25) is 0 Å². The Morgan fingerprint density at radius 1 is 0.957 bits per heavy atom. The molecule has 1 saturated heterocycles. The van der Waals surface area contributed by atoms with Crippen molar-refractivity contribution in [3.05, 3.63) is 107 Å². The van der Waals surface area contributed by atoms with Crippen LogP contribution < -0.4 is 9.47 Å². The highest BCUT2D eigenvalue weighted by Gasteiger charge is 2.42. The van der Waals surface area contributed by atoms with E-state index in [4.69, 9.17) is 18.9 Å². The van der Waals surface area contributed by atoms with Gasteiger partial charge in [-0.3, -0.25) is 4.57 Å². The zero-order valence-electron chi connectivity index (χ0n) is 25.9. The largest absolute Gasteiger partial charge is 0.497 e. The Kier molecular flexibility index (Phi) is 9.32. The van der Waals surface area contributed by atoms with Crippen molar-refractivity contribution in [3.8, 4) is 11.5 Å². The van der Waals surface area contributed by atoms with E-state index in [0.29, 0.717) is 28.1 Å². The maximum Gasteiger partial charge on any atom is 0.200 e. The van der Waals surface area contributed by atoms with Crippen molar-refractivity contribution in [2.45, 2.75) is 30.5 Å². The van der Waals surface area contributed by atoms with E-state index in [1.165, 1.54) is 0 Å². The molecule has 1 aliphatic rings. The van der Waals surface area contributed by atoms with Gasteiger partial charge >= 0.3 is 0 Å². The summed E-state index contributed by atoms with van der Waals surface area (Å²) in [4.78, 5) is 19.7. The average Bonchev–Trinajstić information content (AvgIpc) is 3.67. The molecule has 1 aliphatic heterocycles. The predicted octanol–water partition coefficient (Wildman–Crippen LogP) is 5.48. The van der Waals surface area contributed by atoms with Gasteiger partial charge in [-0.2, -0.15) is 0 Å². The molecule has 0 saturated carbocycles. The summed E-state index contributed by atoms with van der Waals surface area (Å²) in [5, 5.41) is 11.3. The van der Waals surface area contributed by atoms with Crippen molar-refractivity contribution in [2.24, 2.45) is 4.99 Å². The van der Waals surface area contributed by atoms with Gasteiger partial charge < -0.3 is 29.0 Å². The summed E-state index contributed by atoms with van der Waals surface area (Å²) in [6.07, 6.45) is 1.64. The second-order valence-electron chi connectivity index (χ2n) is 11.1. The zero-order chi connectivity index (χ0) is 32.3. The molecule has 3 atom stereocenters. The Morgan fingerprint density at radius 2 is 1.57 bits per heavy atom. The highest BCUT2D eigenvalue weighted by molar-refractivity contribution is 9.10. The van der Waals surface area contributed by atoms with E-state index in [9.17, 15) is 5.11 Å². The van der Waals surface area contributed by atoms with Gasteiger partial charge in [0.25, 0.3) is 0 Å². The van der Waals surface area contributed by atoms with Gasteiger partial charge in [0.15, 0.2) is 17.0 Å². The lowest BCUT2D eigenvalue weighted by atomic mass is 9.80. The zero-order valence-corrected chi connectivity index (χ0v) is 27.5. The van der Waals surface area contributed by atoms with Crippen LogP contribution >= 0.6 is 15.9 Å². The lowest BCUT2D eigenvalue weighted by Gasteiger charge is -2.37. The maximum atomic E-state index is 11.3. The molecule has 2 aromatic heterocycles. The number of benzene rings is 3. The van der Waals surface area contributed by atoms with Crippen LogP contribution in [0.5, 0.6) is 11.5 Å².